The monoisotopic (exact) mass is 348 g/mol. The largest absolute Gasteiger partial charge is 0.466 e. The fourth-order valence-electron chi connectivity index (χ4n) is 3.07. The molecule has 0 spiro atoms. The third-order valence-corrected chi connectivity index (χ3v) is 4.79. The Bertz CT molecular complexity index is 673. The van der Waals surface area contributed by atoms with Gasteiger partial charge in [0, 0.05) is 24.1 Å². The zero-order chi connectivity index (χ0) is 18.4. The van der Waals surface area contributed by atoms with E-state index in [1.54, 1.807) is 12.1 Å². The van der Waals surface area contributed by atoms with Crippen LogP contribution in [0.25, 0.3) is 6.08 Å². The van der Waals surface area contributed by atoms with E-state index < -0.39 is 17.0 Å². The van der Waals surface area contributed by atoms with Gasteiger partial charge in [-0.1, -0.05) is 25.8 Å². The van der Waals surface area contributed by atoms with Crippen LogP contribution < -0.4 is 5.32 Å². The highest BCUT2D eigenvalue weighted by Gasteiger charge is 2.35. The number of nitro groups is 1. The van der Waals surface area contributed by atoms with Crippen LogP contribution in [0.15, 0.2) is 24.3 Å². The zero-order valence-electron chi connectivity index (χ0n) is 14.5. The van der Waals surface area contributed by atoms with Crippen molar-refractivity contribution in [2.75, 3.05) is 19.0 Å². The Morgan fingerprint density at radius 2 is 2.28 bits per heavy atom. The highest BCUT2D eigenvalue weighted by Crippen LogP contribution is 2.37. The first-order valence-corrected chi connectivity index (χ1v) is 8.32. The number of nitro benzene ring substituents is 1. The van der Waals surface area contributed by atoms with Crippen LogP contribution in [0.2, 0.25) is 0 Å². The summed E-state index contributed by atoms with van der Waals surface area (Å²) in [4.78, 5) is 22.0. The number of carbonyl (C=O) groups excluding carboxylic acids is 1. The first-order valence-electron chi connectivity index (χ1n) is 8.32. The van der Waals surface area contributed by atoms with Crippen LogP contribution in [0.1, 0.15) is 38.2 Å². The summed E-state index contributed by atoms with van der Waals surface area (Å²) in [7, 11) is 1.27. The van der Waals surface area contributed by atoms with Gasteiger partial charge in [-0.25, -0.2) is 4.79 Å². The Kier molecular flexibility index (Phi) is 6.14. The van der Waals surface area contributed by atoms with Crippen molar-refractivity contribution in [3.8, 4) is 0 Å². The fourth-order valence-corrected chi connectivity index (χ4v) is 3.07. The predicted octanol–water partition coefficient (Wildman–Crippen LogP) is 3.13. The molecule has 0 aliphatic heterocycles. The first-order chi connectivity index (χ1) is 11.9. The summed E-state index contributed by atoms with van der Waals surface area (Å²) in [6, 6.07) is 4.71. The van der Waals surface area contributed by atoms with Gasteiger partial charge >= 0.3 is 5.97 Å². The fraction of sp³-hybridized carbons (Fsp3) is 0.500. The summed E-state index contributed by atoms with van der Waals surface area (Å²) in [5.74, 6) is -0.524. The Morgan fingerprint density at radius 3 is 2.92 bits per heavy atom. The van der Waals surface area contributed by atoms with E-state index >= 15 is 0 Å². The topological polar surface area (TPSA) is 102 Å². The van der Waals surface area contributed by atoms with Gasteiger partial charge in [0.2, 0.25) is 0 Å². The summed E-state index contributed by atoms with van der Waals surface area (Å²) in [6.07, 6.45) is 5.98. The van der Waals surface area contributed by atoms with Crippen molar-refractivity contribution in [1.29, 1.82) is 0 Å². The van der Waals surface area contributed by atoms with Gasteiger partial charge in [-0.2, -0.15) is 0 Å². The second-order valence-electron chi connectivity index (χ2n) is 6.66. The lowest BCUT2D eigenvalue weighted by molar-refractivity contribution is -0.384. The minimum atomic E-state index is -0.524. The minimum Gasteiger partial charge on any atom is -0.466 e. The molecule has 7 heteroatoms. The number of hydrogen-bond acceptors (Lipinski definition) is 6. The number of esters is 1. The van der Waals surface area contributed by atoms with Gasteiger partial charge in [0.15, 0.2) is 0 Å². The van der Waals surface area contributed by atoms with E-state index in [0.717, 1.165) is 25.7 Å². The number of nitrogens with zero attached hydrogens (tertiary/aromatic N) is 1. The van der Waals surface area contributed by atoms with Gasteiger partial charge in [-0.3, -0.25) is 10.1 Å². The van der Waals surface area contributed by atoms with Crippen molar-refractivity contribution >= 4 is 23.4 Å². The predicted molar refractivity (Wildman–Crippen MR) is 95.2 cm³/mol. The lowest BCUT2D eigenvalue weighted by Crippen LogP contribution is -2.41. The van der Waals surface area contributed by atoms with Crippen LogP contribution in [0.4, 0.5) is 11.4 Å². The number of ether oxygens (including phenoxy) is 1. The number of carbonyl (C=O) groups is 1. The standard InChI is InChI=1S/C18H24N2O5/c1-18(10-4-3-5-16(18)21)12-19-14-8-6-13(7-9-17(22)25-2)11-15(14)20(23)24/h6-9,11,16,19,21H,3-5,10,12H2,1-2H3/b9-7+. The maximum Gasteiger partial charge on any atom is 0.330 e. The normalized spacial score (nSPS) is 23.4. The Hall–Kier alpha value is -2.41. The Morgan fingerprint density at radius 1 is 1.52 bits per heavy atom. The van der Waals surface area contributed by atoms with Gasteiger partial charge in [0.25, 0.3) is 5.69 Å². The molecule has 2 unspecified atom stereocenters. The van der Waals surface area contributed by atoms with Crippen molar-refractivity contribution in [2.24, 2.45) is 5.41 Å². The van der Waals surface area contributed by atoms with E-state index in [-0.39, 0.29) is 11.1 Å². The lowest BCUT2D eigenvalue weighted by atomic mass is 9.73. The molecule has 7 nitrogen and oxygen atoms in total. The van der Waals surface area contributed by atoms with Gasteiger partial charge in [0.05, 0.1) is 18.1 Å². The van der Waals surface area contributed by atoms with E-state index in [1.165, 1.54) is 25.3 Å². The van der Waals surface area contributed by atoms with Crippen LogP contribution in [0.5, 0.6) is 0 Å². The Labute approximate surface area is 146 Å². The number of hydrogen-bond donors (Lipinski definition) is 2. The maximum atomic E-state index is 11.4. The maximum absolute atomic E-state index is 11.4. The van der Waals surface area contributed by atoms with Gasteiger partial charge < -0.3 is 15.2 Å². The molecule has 0 heterocycles. The average molecular weight is 348 g/mol. The van der Waals surface area contributed by atoms with Crippen LogP contribution >= 0.6 is 0 Å². The van der Waals surface area contributed by atoms with E-state index in [0.29, 0.717) is 17.8 Å². The van der Waals surface area contributed by atoms with Crippen LogP contribution in [-0.4, -0.2) is 35.8 Å². The zero-order valence-corrected chi connectivity index (χ0v) is 14.5. The van der Waals surface area contributed by atoms with E-state index in [9.17, 15) is 20.0 Å². The third-order valence-electron chi connectivity index (χ3n) is 4.79. The smallest absolute Gasteiger partial charge is 0.330 e. The number of nitrogens with one attached hydrogen (secondary N) is 1. The molecule has 136 valence electrons. The van der Waals surface area contributed by atoms with Crippen molar-refractivity contribution in [1.82, 2.24) is 0 Å². The summed E-state index contributed by atoms with van der Waals surface area (Å²) >= 11 is 0. The van der Waals surface area contributed by atoms with E-state index in [4.69, 9.17) is 0 Å². The minimum absolute atomic E-state index is 0.0686. The molecule has 1 aliphatic carbocycles. The summed E-state index contributed by atoms with van der Waals surface area (Å²) in [6.45, 7) is 2.47. The van der Waals surface area contributed by atoms with E-state index in [2.05, 4.69) is 10.1 Å². The van der Waals surface area contributed by atoms with Gasteiger partial charge in [-0.15, -0.1) is 0 Å². The Balaban J connectivity index is 2.16. The highest BCUT2D eigenvalue weighted by atomic mass is 16.6. The molecule has 0 aromatic heterocycles. The molecule has 0 amide bonds. The molecule has 2 rings (SSSR count). The highest BCUT2D eigenvalue weighted by molar-refractivity contribution is 5.87. The summed E-state index contributed by atoms with van der Waals surface area (Å²) in [5.41, 5.74) is 0.571. The molecular formula is C18H24N2O5. The molecule has 2 atom stereocenters. The summed E-state index contributed by atoms with van der Waals surface area (Å²) in [5, 5.41) is 24.7. The average Bonchev–Trinajstić information content (AvgIpc) is 2.60. The molecule has 1 fully saturated rings. The molecule has 0 radical (unpaired) electrons. The molecule has 0 bridgehead atoms. The van der Waals surface area contributed by atoms with Gasteiger partial charge in [0.1, 0.15) is 5.69 Å². The molecular weight excluding hydrogens is 324 g/mol. The summed E-state index contributed by atoms with van der Waals surface area (Å²) < 4.78 is 4.50. The second kappa shape index (κ2) is 8.11. The van der Waals surface area contributed by atoms with Crippen LogP contribution in [0.3, 0.4) is 0 Å². The number of anilines is 1. The SMILES string of the molecule is COC(=O)/C=C/c1ccc(NCC2(C)CCCCC2O)c([N+](=O)[O-])c1. The van der Waals surface area contributed by atoms with Crippen molar-refractivity contribution in [2.45, 2.75) is 38.7 Å². The van der Waals surface area contributed by atoms with Crippen molar-refractivity contribution in [3.05, 3.63) is 40.0 Å². The van der Waals surface area contributed by atoms with E-state index in [1.807, 2.05) is 6.92 Å². The number of aliphatic hydroxyl groups excluding tert-OH is 1. The first kappa shape index (κ1) is 18.9. The number of methoxy groups -OCH3 is 1. The third kappa shape index (κ3) is 4.79. The van der Waals surface area contributed by atoms with Crippen molar-refractivity contribution in [3.63, 3.8) is 0 Å². The van der Waals surface area contributed by atoms with Crippen LogP contribution in [0, 0.1) is 15.5 Å². The number of rotatable bonds is 6. The molecule has 1 aromatic carbocycles. The van der Waals surface area contributed by atoms with Crippen molar-refractivity contribution < 1.29 is 19.6 Å². The number of aliphatic hydroxyl groups is 1. The van der Waals surface area contributed by atoms with Crippen LogP contribution in [-0.2, 0) is 9.53 Å². The second-order valence-corrected chi connectivity index (χ2v) is 6.66. The molecule has 1 saturated carbocycles. The van der Waals surface area contributed by atoms with Gasteiger partial charge in [-0.05, 0) is 30.5 Å². The molecule has 1 aliphatic rings. The lowest BCUT2D eigenvalue weighted by Gasteiger charge is -2.38. The molecule has 0 saturated heterocycles. The molecule has 25 heavy (non-hydrogen) atoms. The molecule has 2 N–H and O–H groups in total. The molecule has 1 aromatic rings. The number of benzene rings is 1. The quantitative estimate of drug-likeness (QED) is 0.354.